The first kappa shape index (κ1) is 24.6. The van der Waals surface area contributed by atoms with Crippen LogP contribution >= 0.6 is 6.04 Å². The van der Waals surface area contributed by atoms with Gasteiger partial charge in [-0.1, -0.05) is 96.7 Å². The van der Waals surface area contributed by atoms with E-state index in [0.29, 0.717) is 0 Å². The van der Waals surface area contributed by atoms with Crippen molar-refractivity contribution in [2.75, 3.05) is 0 Å². The first-order valence-corrected chi connectivity index (χ1v) is 17.0. The van der Waals surface area contributed by atoms with E-state index in [-0.39, 0.29) is 0 Å². The molecule has 6 heteroatoms. The first-order valence-electron chi connectivity index (χ1n) is 14.2. The molecule has 202 valence electrons. The molecule has 0 aliphatic heterocycles. The molecule has 1 atom stereocenters. The van der Waals surface area contributed by atoms with Gasteiger partial charge in [-0.05, 0) is 53.2 Å². The zero-order valence-electron chi connectivity index (χ0n) is 22.9. The molecule has 0 spiro atoms. The van der Waals surface area contributed by atoms with E-state index >= 15 is 0 Å². The molecule has 9 rings (SSSR count). The maximum Gasteiger partial charge on any atom is 0.147 e. The fourth-order valence-corrected chi connectivity index (χ4v) is 10.9. The summed E-state index contributed by atoms with van der Waals surface area (Å²) in [4.78, 5) is 14.7. The highest BCUT2D eigenvalue weighted by Crippen LogP contribution is 2.48. The van der Waals surface area contributed by atoms with Crippen molar-refractivity contribution < 1.29 is 0 Å². The molecule has 0 radical (unpaired) electrons. The number of aromatic nitrogens is 4. The highest BCUT2D eigenvalue weighted by molar-refractivity contribution is 8.25. The predicted octanol–water partition coefficient (Wildman–Crippen LogP) is 7.65. The summed E-state index contributed by atoms with van der Waals surface area (Å²) in [5.74, 6) is 0. The number of para-hydroxylation sites is 4. The second-order valence-corrected chi connectivity index (χ2v) is 15.2. The van der Waals surface area contributed by atoms with Gasteiger partial charge in [0.15, 0.2) is 0 Å². The number of hydrogen-bond donors (Lipinski definition) is 0. The normalized spacial score (nSPS) is 13.4. The van der Waals surface area contributed by atoms with Gasteiger partial charge < -0.3 is 0 Å². The van der Waals surface area contributed by atoms with Crippen molar-refractivity contribution in [3.05, 3.63) is 140 Å². The molecule has 4 aromatic heterocycles. The third-order valence-electron chi connectivity index (χ3n) is 8.52. The quantitative estimate of drug-likeness (QED) is 0.158. The average Bonchev–Trinajstić information content (AvgIpc) is 3.47. The minimum Gasteiger partial charge on any atom is -0.292 e. The zero-order chi connectivity index (χ0) is 28.5. The molecular formula is C37H23N4PS. The van der Waals surface area contributed by atoms with Crippen molar-refractivity contribution in [2.24, 2.45) is 0 Å². The Morgan fingerprint density at radius 2 is 1.28 bits per heavy atom. The number of imidazole rings is 1. The molecule has 4 heterocycles. The van der Waals surface area contributed by atoms with E-state index in [4.69, 9.17) is 26.8 Å². The number of rotatable bonds is 3. The summed E-state index contributed by atoms with van der Waals surface area (Å²) in [7, 11) is 0. The Kier molecular flexibility index (Phi) is 5.31. The zero-order valence-corrected chi connectivity index (χ0v) is 24.6. The van der Waals surface area contributed by atoms with Gasteiger partial charge in [0.1, 0.15) is 5.65 Å². The first-order chi connectivity index (χ1) is 21.2. The smallest absolute Gasteiger partial charge is 0.147 e. The molecule has 5 aromatic carbocycles. The van der Waals surface area contributed by atoms with Crippen LogP contribution in [0.3, 0.4) is 0 Å². The topological polar surface area (TPSA) is 43.1 Å². The SMILES string of the molecule is S=P(c1ccc2cccnc2c1)(c1ccnc2ccccc12)c1cccc2c3ccccc3n3c4ccccc4nc3c12. The Balaban J connectivity index is 1.52. The Bertz CT molecular complexity index is 2620. The van der Waals surface area contributed by atoms with E-state index in [9.17, 15) is 0 Å². The van der Waals surface area contributed by atoms with E-state index in [0.717, 1.165) is 70.7 Å². The Hall–Kier alpha value is -4.96. The molecule has 0 N–H and O–H groups in total. The Morgan fingerprint density at radius 1 is 0.535 bits per heavy atom. The molecule has 0 fully saturated rings. The maximum absolute atomic E-state index is 7.10. The second kappa shape index (κ2) is 9.27. The van der Waals surface area contributed by atoms with Crippen LogP contribution in [0.25, 0.3) is 60.2 Å². The monoisotopic (exact) mass is 586 g/mol. The molecule has 43 heavy (non-hydrogen) atoms. The summed E-state index contributed by atoms with van der Waals surface area (Å²) >= 11 is 7.10. The van der Waals surface area contributed by atoms with Crippen molar-refractivity contribution in [1.82, 2.24) is 19.4 Å². The molecule has 0 aliphatic rings. The standard InChI is InChI=1S/C37H23N4PS/c43-42(25-19-18-24-9-8-21-38-31(24)23-25,34-20-22-39-29-13-3-1-11-28(29)34)35-17-7-12-27-26-10-2-5-15-32(26)41-33-16-6-4-14-30(33)40-37(41)36(27)35/h1-23H. The molecule has 9 aromatic rings. The van der Waals surface area contributed by atoms with Gasteiger partial charge in [0.2, 0.25) is 0 Å². The second-order valence-electron chi connectivity index (χ2n) is 10.8. The lowest BCUT2D eigenvalue weighted by Crippen LogP contribution is -2.26. The lowest BCUT2D eigenvalue weighted by Gasteiger charge is -2.27. The van der Waals surface area contributed by atoms with E-state index in [1.54, 1.807) is 0 Å². The predicted molar refractivity (Wildman–Crippen MR) is 184 cm³/mol. The van der Waals surface area contributed by atoms with Crippen LogP contribution in [0.2, 0.25) is 0 Å². The molecule has 1 unspecified atom stereocenters. The minimum absolute atomic E-state index is 0.928. The van der Waals surface area contributed by atoms with E-state index in [1.165, 1.54) is 5.39 Å². The Labute approximate surface area is 252 Å². The van der Waals surface area contributed by atoms with Gasteiger partial charge in [-0.2, -0.15) is 0 Å². The number of benzene rings is 5. The van der Waals surface area contributed by atoms with Crippen molar-refractivity contribution in [2.45, 2.75) is 0 Å². The van der Waals surface area contributed by atoms with Crippen LogP contribution in [0, 0.1) is 0 Å². The number of nitrogens with zero attached hydrogens (tertiary/aromatic N) is 4. The summed E-state index contributed by atoms with van der Waals surface area (Å²) in [6.07, 6.45) is 3.75. The highest BCUT2D eigenvalue weighted by atomic mass is 32.4. The molecule has 0 saturated heterocycles. The Morgan fingerprint density at radius 3 is 2.19 bits per heavy atom. The lowest BCUT2D eigenvalue weighted by molar-refractivity contribution is 1.32. The minimum atomic E-state index is -2.70. The molecule has 0 aliphatic carbocycles. The molecule has 0 saturated carbocycles. The van der Waals surface area contributed by atoms with Gasteiger partial charge >= 0.3 is 0 Å². The third kappa shape index (κ3) is 3.50. The lowest BCUT2D eigenvalue weighted by atomic mass is 10.1. The van der Waals surface area contributed by atoms with Crippen LogP contribution in [0.5, 0.6) is 0 Å². The molecular weight excluding hydrogens is 563 g/mol. The van der Waals surface area contributed by atoms with Crippen LogP contribution in [-0.4, -0.2) is 19.4 Å². The van der Waals surface area contributed by atoms with Gasteiger partial charge in [0.05, 0.1) is 27.6 Å². The molecule has 0 bridgehead atoms. The van der Waals surface area contributed by atoms with Gasteiger partial charge in [-0.25, -0.2) is 4.98 Å². The van der Waals surface area contributed by atoms with Crippen LogP contribution < -0.4 is 15.9 Å². The van der Waals surface area contributed by atoms with Gasteiger partial charge in [0.25, 0.3) is 0 Å². The number of pyridine rings is 3. The van der Waals surface area contributed by atoms with Crippen LogP contribution in [0.1, 0.15) is 0 Å². The highest BCUT2D eigenvalue weighted by Gasteiger charge is 2.31. The van der Waals surface area contributed by atoms with Crippen LogP contribution in [-0.2, 0) is 11.8 Å². The van der Waals surface area contributed by atoms with E-state index in [1.807, 2.05) is 24.5 Å². The fourth-order valence-electron chi connectivity index (χ4n) is 6.61. The number of hydrogen-bond acceptors (Lipinski definition) is 4. The largest absolute Gasteiger partial charge is 0.292 e. The van der Waals surface area contributed by atoms with Crippen LogP contribution in [0.15, 0.2) is 140 Å². The van der Waals surface area contributed by atoms with Crippen LogP contribution in [0.4, 0.5) is 0 Å². The summed E-state index contributed by atoms with van der Waals surface area (Å²) in [5, 5.41) is 8.95. The third-order valence-corrected chi connectivity index (χ3v) is 13.5. The van der Waals surface area contributed by atoms with Gasteiger partial charge in [-0.15, -0.1) is 0 Å². The maximum atomic E-state index is 7.10. The van der Waals surface area contributed by atoms with Crippen molar-refractivity contribution in [3.8, 4) is 0 Å². The van der Waals surface area contributed by atoms with Gasteiger partial charge in [-0.3, -0.25) is 14.4 Å². The van der Waals surface area contributed by atoms with Gasteiger partial charge in [0, 0.05) is 50.6 Å². The molecule has 4 nitrogen and oxygen atoms in total. The van der Waals surface area contributed by atoms with Crippen molar-refractivity contribution in [1.29, 1.82) is 0 Å². The van der Waals surface area contributed by atoms with Crippen molar-refractivity contribution >= 4 is 93.9 Å². The summed E-state index contributed by atoms with van der Waals surface area (Å²) in [6.45, 7) is 0. The summed E-state index contributed by atoms with van der Waals surface area (Å²) in [5.41, 5.74) is 5.99. The summed E-state index contributed by atoms with van der Waals surface area (Å²) < 4.78 is 2.31. The fraction of sp³-hybridized carbons (Fsp3) is 0. The van der Waals surface area contributed by atoms with Crippen molar-refractivity contribution in [3.63, 3.8) is 0 Å². The number of fused-ring (bicyclic) bond motifs is 10. The molecule has 0 amide bonds. The van der Waals surface area contributed by atoms with E-state index < -0.39 is 6.04 Å². The summed E-state index contributed by atoms with van der Waals surface area (Å²) in [6, 6.07) is 42.0. The average molecular weight is 587 g/mol. The van der Waals surface area contributed by atoms with E-state index in [2.05, 4.69) is 120 Å².